The fourth-order valence-corrected chi connectivity index (χ4v) is 2.78. The minimum atomic E-state index is -0.230. The van der Waals surface area contributed by atoms with Crippen molar-refractivity contribution in [1.82, 2.24) is 29.4 Å². The summed E-state index contributed by atoms with van der Waals surface area (Å²) in [7, 11) is 1.61. The molecule has 0 aliphatic heterocycles. The molecule has 8 nitrogen and oxygen atoms in total. The molecule has 0 unspecified atom stereocenters. The molecule has 3 heterocycles. The van der Waals surface area contributed by atoms with Crippen LogP contribution in [0.2, 0.25) is 0 Å². The number of benzene rings is 1. The Bertz CT molecular complexity index is 1130. The maximum atomic E-state index is 12.8. The van der Waals surface area contributed by atoms with Gasteiger partial charge in [0.15, 0.2) is 11.3 Å². The number of aromatic nitrogens is 6. The van der Waals surface area contributed by atoms with E-state index in [2.05, 4.69) is 20.3 Å². The maximum Gasteiger partial charge on any atom is 0.280 e. The van der Waals surface area contributed by atoms with Crippen LogP contribution in [-0.4, -0.2) is 36.5 Å². The molecule has 4 aromatic rings. The minimum absolute atomic E-state index is 0.230. The van der Waals surface area contributed by atoms with Crippen LogP contribution >= 0.6 is 0 Å². The summed E-state index contributed by atoms with van der Waals surface area (Å²) in [6.45, 7) is 2.35. The molecule has 0 saturated carbocycles. The average Bonchev–Trinajstić information content (AvgIpc) is 3.08. The highest BCUT2D eigenvalue weighted by atomic mass is 16.5. The van der Waals surface area contributed by atoms with Gasteiger partial charge in [0.25, 0.3) is 11.3 Å². The predicted octanol–water partition coefficient (Wildman–Crippen LogP) is 1.45. The number of methoxy groups -OCH3 is 1. The number of hydrogen-bond acceptors (Lipinski definition) is 6. The summed E-state index contributed by atoms with van der Waals surface area (Å²) in [6.07, 6.45) is 2.42. The molecule has 0 amide bonds. The molecule has 0 bridgehead atoms. The lowest BCUT2D eigenvalue weighted by Gasteiger charge is -2.10. The van der Waals surface area contributed by atoms with Crippen LogP contribution in [0.3, 0.4) is 0 Å². The number of hydrogen-bond donors (Lipinski definition) is 0. The van der Waals surface area contributed by atoms with Crippen LogP contribution in [0.5, 0.6) is 5.75 Å². The average molecular weight is 336 g/mol. The normalized spacial score (nSPS) is 11.3. The largest absolute Gasteiger partial charge is 0.496 e. The zero-order chi connectivity index (χ0) is 17.4. The van der Waals surface area contributed by atoms with Gasteiger partial charge in [0.2, 0.25) is 0 Å². The summed E-state index contributed by atoms with van der Waals surface area (Å²) >= 11 is 0. The monoisotopic (exact) mass is 336 g/mol. The van der Waals surface area contributed by atoms with Gasteiger partial charge in [-0.3, -0.25) is 4.79 Å². The van der Waals surface area contributed by atoms with Crippen LogP contribution in [0.25, 0.3) is 16.8 Å². The third-order valence-electron chi connectivity index (χ3n) is 4.07. The number of ether oxygens (including phenoxy) is 1. The van der Waals surface area contributed by atoms with Gasteiger partial charge in [-0.2, -0.15) is 9.50 Å². The van der Waals surface area contributed by atoms with Gasteiger partial charge < -0.3 is 9.30 Å². The molecule has 0 saturated heterocycles. The topological polar surface area (TPSA) is 87.2 Å². The molecule has 1 aromatic carbocycles. The van der Waals surface area contributed by atoms with Crippen molar-refractivity contribution in [3.8, 4) is 5.75 Å². The van der Waals surface area contributed by atoms with Crippen LogP contribution in [-0.2, 0) is 13.0 Å². The molecule has 0 aliphatic carbocycles. The van der Waals surface area contributed by atoms with E-state index < -0.39 is 0 Å². The fourth-order valence-electron chi connectivity index (χ4n) is 2.78. The number of rotatable bonds is 4. The Labute approximate surface area is 142 Å². The Hall–Kier alpha value is -3.29. The number of pyridine rings is 1. The van der Waals surface area contributed by atoms with Crippen LogP contribution in [0.15, 0.2) is 41.3 Å². The van der Waals surface area contributed by atoms with E-state index in [1.807, 2.05) is 37.3 Å². The standard InChI is InChI=1S/C17H16N6O2/c1-3-14-18-17-20-19-15-12(23(17)21-14)8-9-22(16(15)24)10-11-6-4-5-7-13(11)25-2/h4-9H,3,10H2,1-2H3. The van der Waals surface area contributed by atoms with Crippen molar-refractivity contribution in [1.29, 1.82) is 0 Å². The molecule has 4 rings (SSSR count). The van der Waals surface area contributed by atoms with Gasteiger partial charge in [0, 0.05) is 18.2 Å². The first-order valence-corrected chi connectivity index (χ1v) is 7.94. The van der Waals surface area contributed by atoms with Crippen LogP contribution in [0.4, 0.5) is 0 Å². The van der Waals surface area contributed by atoms with Crippen molar-refractivity contribution in [2.75, 3.05) is 7.11 Å². The van der Waals surface area contributed by atoms with Crippen LogP contribution in [0.1, 0.15) is 18.3 Å². The zero-order valence-electron chi connectivity index (χ0n) is 13.9. The molecule has 0 N–H and O–H groups in total. The van der Waals surface area contributed by atoms with E-state index in [1.54, 1.807) is 22.4 Å². The quantitative estimate of drug-likeness (QED) is 0.561. The van der Waals surface area contributed by atoms with Crippen molar-refractivity contribution in [3.63, 3.8) is 0 Å². The Morgan fingerprint density at radius 2 is 2.00 bits per heavy atom. The summed E-state index contributed by atoms with van der Waals surface area (Å²) in [4.78, 5) is 17.1. The third-order valence-corrected chi connectivity index (χ3v) is 4.07. The minimum Gasteiger partial charge on any atom is -0.496 e. The molecule has 126 valence electrons. The molecule has 0 fully saturated rings. The lowest BCUT2D eigenvalue weighted by Crippen LogP contribution is -2.22. The predicted molar refractivity (Wildman–Crippen MR) is 91.8 cm³/mol. The van der Waals surface area contributed by atoms with Crippen molar-refractivity contribution >= 4 is 16.8 Å². The number of para-hydroxylation sites is 1. The Morgan fingerprint density at radius 3 is 2.80 bits per heavy atom. The van der Waals surface area contributed by atoms with E-state index in [-0.39, 0.29) is 11.1 Å². The summed E-state index contributed by atoms with van der Waals surface area (Å²) in [5.74, 6) is 1.80. The molecule has 25 heavy (non-hydrogen) atoms. The smallest absolute Gasteiger partial charge is 0.280 e. The number of nitrogens with zero attached hydrogens (tertiary/aromatic N) is 6. The molecule has 0 radical (unpaired) electrons. The SMILES string of the molecule is CCc1nc2nnc3c(=O)n(Cc4ccccc4OC)ccc3n2n1. The summed E-state index contributed by atoms with van der Waals surface area (Å²) in [5, 5.41) is 12.5. The van der Waals surface area contributed by atoms with Gasteiger partial charge in [-0.05, 0) is 12.1 Å². The van der Waals surface area contributed by atoms with Gasteiger partial charge in [0.05, 0.1) is 13.7 Å². The molecular formula is C17H16N6O2. The van der Waals surface area contributed by atoms with Crippen molar-refractivity contribution in [2.45, 2.75) is 19.9 Å². The van der Waals surface area contributed by atoms with E-state index in [0.29, 0.717) is 30.1 Å². The van der Waals surface area contributed by atoms with E-state index in [9.17, 15) is 4.79 Å². The first kappa shape index (κ1) is 15.3. The highest BCUT2D eigenvalue weighted by Crippen LogP contribution is 2.18. The van der Waals surface area contributed by atoms with Gasteiger partial charge in [0.1, 0.15) is 11.3 Å². The summed E-state index contributed by atoms with van der Waals surface area (Å²) in [5.41, 5.74) is 1.54. The highest BCUT2D eigenvalue weighted by Gasteiger charge is 2.13. The molecule has 8 heteroatoms. The van der Waals surface area contributed by atoms with E-state index in [0.717, 1.165) is 11.3 Å². The van der Waals surface area contributed by atoms with Gasteiger partial charge >= 0.3 is 0 Å². The summed E-state index contributed by atoms with van der Waals surface area (Å²) in [6, 6.07) is 9.41. The Kier molecular flexibility index (Phi) is 3.64. The zero-order valence-corrected chi connectivity index (χ0v) is 13.9. The second-order valence-corrected chi connectivity index (χ2v) is 5.59. The van der Waals surface area contributed by atoms with E-state index in [1.165, 1.54) is 0 Å². The maximum absolute atomic E-state index is 12.8. The highest BCUT2D eigenvalue weighted by molar-refractivity contribution is 5.74. The first-order valence-electron chi connectivity index (χ1n) is 7.94. The lowest BCUT2D eigenvalue weighted by atomic mass is 10.2. The van der Waals surface area contributed by atoms with Crippen LogP contribution in [0, 0.1) is 0 Å². The summed E-state index contributed by atoms with van der Waals surface area (Å²) < 4.78 is 8.50. The van der Waals surface area contributed by atoms with Gasteiger partial charge in [-0.25, -0.2) is 0 Å². The van der Waals surface area contributed by atoms with Crippen molar-refractivity contribution in [2.24, 2.45) is 0 Å². The lowest BCUT2D eigenvalue weighted by molar-refractivity contribution is 0.408. The second-order valence-electron chi connectivity index (χ2n) is 5.59. The Balaban J connectivity index is 1.85. The van der Waals surface area contributed by atoms with Crippen molar-refractivity contribution in [3.05, 3.63) is 58.3 Å². The number of fused-ring (bicyclic) bond motifs is 3. The number of aryl methyl sites for hydroxylation is 1. The van der Waals surface area contributed by atoms with E-state index in [4.69, 9.17) is 4.74 Å². The first-order chi connectivity index (χ1) is 12.2. The molecule has 0 atom stereocenters. The fraction of sp³-hybridized carbons (Fsp3) is 0.235. The third kappa shape index (κ3) is 2.51. The molecule has 0 spiro atoms. The van der Waals surface area contributed by atoms with Gasteiger partial charge in [-0.15, -0.1) is 15.3 Å². The van der Waals surface area contributed by atoms with Crippen LogP contribution < -0.4 is 10.3 Å². The van der Waals surface area contributed by atoms with E-state index >= 15 is 0 Å². The molecular weight excluding hydrogens is 320 g/mol. The second kappa shape index (κ2) is 5.97. The molecule has 0 aliphatic rings. The van der Waals surface area contributed by atoms with Crippen molar-refractivity contribution < 1.29 is 4.74 Å². The Morgan fingerprint density at radius 1 is 1.16 bits per heavy atom. The van der Waals surface area contributed by atoms with Gasteiger partial charge in [-0.1, -0.05) is 25.1 Å². The molecule has 3 aromatic heterocycles.